The van der Waals surface area contributed by atoms with Gasteiger partial charge in [-0.15, -0.1) is 11.8 Å². The monoisotopic (exact) mass is 616 g/mol. The number of hydrogen-bond acceptors (Lipinski definition) is 3. The van der Waals surface area contributed by atoms with Gasteiger partial charge in [-0.1, -0.05) is 93.4 Å². The molecular formula is C28H30Br2N2O2S. The van der Waals surface area contributed by atoms with E-state index < -0.39 is 6.04 Å². The van der Waals surface area contributed by atoms with Crippen molar-refractivity contribution < 1.29 is 9.59 Å². The van der Waals surface area contributed by atoms with Crippen molar-refractivity contribution in [3.8, 4) is 0 Å². The highest BCUT2D eigenvalue weighted by molar-refractivity contribution is 9.10. The summed E-state index contributed by atoms with van der Waals surface area (Å²) in [6, 6.07) is 25.3. The lowest BCUT2D eigenvalue weighted by molar-refractivity contribution is -0.139. The number of carbonyl (C=O) groups excluding carboxylic acids is 2. The zero-order valence-electron chi connectivity index (χ0n) is 19.8. The van der Waals surface area contributed by atoms with Crippen LogP contribution in [-0.2, 0) is 28.3 Å². The first-order chi connectivity index (χ1) is 17.0. The number of thioether (sulfide) groups is 1. The summed E-state index contributed by atoms with van der Waals surface area (Å²) in [5, 5.41) is 3.02. The fraction of sp³-hybridized carbons (Fsp3) is 0.286. The Morgan fingerprint density at radius 3 is 2.06 bits per heavy atom. The molecule has 3 rings (SSSR count). The van der Waals surface area contributed by atoms with Gasteiger partial charge < -0.3 is 10.2 Å². The maximum Gasteiger partial charge on any atom is 0.243 e. The lowest BCUT2D eigenvalue weighted by Gasteiger charge is -2.31. The first-order valence-corrected chi connectivity index (χ1v) is 14.4. The molecule has 35 heavy (non-hydrogen) atoms. The van der Waals surface area contributed by atoms with Gasteiger partial charge in [-0.3, -0.25) is 9.59 Å². The molecule has 7 heteroatoms. The summed E-state index contributed by atoms with van der Waals surface area (Å²) in [6.45, 7) is 2.99. The van der Waals surface area contributed by atoms with Gasteiger partial charge in [0.2, 0.25) is 11.8 Å². The van der Waals surface area contributed by atoms with E-state index in [-0.39, 0.29) is 11.8 Å². The molecule has 0 unspecified atom stereocenters. The summed E-state index contributed by atoms with van der Waals surface area (Å²) < 4.78 is 2.01. The molecule has 0 aromatic heterocycles. The van der Waals surface area contributed by atoms with E-state index in [1.165, 1.54) is 0 Å². The molecule has 0 bridgehead atoms. The molecular weight excluding hydrogens is 588 g/mol. The van der Waals surface area contributed by atoms with Crippen molar-refractivity contribution in [3.05, 3.63) is 104 Å². The topological polar surface area (TPSA) is 49.4 Å². The number of carbonyl (C=O) groups is 2. The fourth-order valence-electron chi connectivity index (χ4n) is 3.63. The Bertz CT molecular complexity index is 1080. The number of amides is 2. The third-order valence-electron chi connectivity index (χ3n) is 5.49. The average Bonchev–Trinajstić information content (AvgIpc) is 2.87. The number of halogens is 2. The molecule has 0 aliphatic rings. The number of hydrogen-bond donors (Lipinski definition) is 1. The number of rotatable bonds is 12. The highest BCUT2D eigenvalue weighted by Crippen LogP contribution is 2.20. The molecule has 4 nitrogen and oxygen atoms in total. The van der Waals surface area contributed by atoms with Crippen LogP contribution in [0.4, 0.5) is 0 Å². The van der Waals surface area contributed by atoms with Crippen LogP contribution < -0.4 is 5.32 Å². The Hall–Kier alpha value is -2.09. The molecule has 0 fully saturated rings. The smallest absolute Gasteiger partial charge is 0.243 e. The molecule has 1 atom stereocenters. The van der Waals surface area contributed by atoms with Gasteiger partial charge in [0.05, 0.1) is 5.75 Å². The molecule has 0 saturated carbocycles. The quantitative estimate of drug-likeness (QED) is 0.249. The van der Waals surface area contributed by atoms with E-state index in [4.69, 9.17) is 0 Å². The first kappa shape index (κ1) is 27.5. The van der Waals surface area contributed by atoms with Crippen molar-refractivity contribution in [2.24, 2.45) is 0 Å². The zero-order chi connectivity index (χ0) is 25.0. The van der Waals surface area contributed by atoms with E-state index in [1.807, 2.05) is 73.7 Å². The molecule has 0 heterocycles. The third-order valence-corrected chi connectivity index (χ3v) is 7.54. The Labute approximate surface area is 229 Å². The molecule has 1 N–H and O–H groups in total. The molecule has 184 valence electrons. The summed E-state index contributed by atoms with van der Waals surface area (Å²) in [5.41, 5.74) is 3.17. The van der Waals surface area contributed by atoms with Crippen LogP contribution in [0, 0.1) is 0 Å². The molecule has 3 aromatic carbocycles. The van der Waals surface area contributed by atoms with Crippen molar-refractivity contribution in [2.45, 2.75) is 38.1 Å². The van der Waals surface area contributed by atoms with Crippen molar-refractivity contribution in [1.29, 1.82) is 0 Å². The minimum absolute atomic E-state index is 0.0392. The second-order valence-electron chi connectivity index (χ2n) is 8.26. The molecule has 0 saturated heterocycles. The lowest BCUT2D eigenvalue weighted by atomic mass is 10.0. The van der Waals surface area contributed by atoms with E-state index in [0.717, 1.165) is 37.8 Å². The molecule has 0 aliphatic heterocycles. The second-order valence-corrected chi connectivity index (χ2v) is 11.1. The van der Waals surface area contributed by atoms with Gasteiger partial charge in [0.15, 0.2) is 0 Å². The standard InChI is InChI=1S/C28H30Br2N2O2S/c1-2-16-31-28(34)26(17-21-6-4-3-5-7-21)32(18-22-8-12-24(29)13-9-22)27(33)20-35-19-23-10-14-25(30)15-11-23/h3-15,26H,2,16-20H2,1H3,(H,31,34)/t26-/m1/s1. The van der Waals surface area contributed by atoms with Gasteiger partial charge >= 0.3 is 0 Å². The van der Waals surface area contributed by atoms with Gasteiger partial charge in [0.1, 0.15) is 6.04 Å². The normalized spacial score (nSPS) is 11.6. The van der Waals surface area contributed by atoms with Crippen LogP contribution >= 0.6 is 43.6 Å². The van der Waals surface area contributed by atoms with Crippen LogP contribution in [0.25, 0.3) is 0 Å². The van der Waals surface area contributed by atoms with Crippen LogP contribution in [0.15, 0.2) is 87.8 Å². The van der Waals surface area contributed by atoms with E-state index in [0.29, 0.717) is 25.3 Å². The summed E-state index contributed by atoms with van der Waals surface area (Å²) in [4.78, 5) is 28.6. The Morgan fingerprint density at radius 2 is 1.46 bits per heavy atom. The van der Waals surface area contributed by atoms with Crippen molar-refractivity contribution >= 4 is 55.4 Å². The van der Waals surface area contributed by atoms with Crippen LogP contribution in [0.5, 0.6) is 0 Å². The van der Waals surface area contributed by atoms with Crippen molar-refractivity contribution in [2.75, 3.05) is 12.3 Å². The fourth-order valence-corrected chi connectivity index (χ4v) is 5.03. The molecule has 3 aromatic rings. The highest BCUT2D eigenvalue weighted by atomic mass is 79.9. The highest BCUT2D eigenvalue weighted by Gasteiger charge is 2.30. The van der Waals surface area contributed by atoms with Crippen LogP contribution in [-0.4, -0.2) is 35.1 Å². The van der Waals surface area contributed by atoms with Crippen LogP contribution in [0.1, 0.15) is 30.0 Å². The SMILES string of the molecule is CCCNC(=O)[C@@H](Cc1ccccc1)N(Cc1ccc(Br)cc1)C(=O)CSCc1ccc(Br)cc1. The maximum atomic E-state index is 13.6. The second kappa shape index (κ2) is 14.5. The predicted molar refractivity (Wildman–Crippen MR) is 152 cm³/mol. The van der Waals surface area contributed by atoms with Crippen molar-refractivity contribution in [1.82, 2.24) is 10.2 Å². The molecule has 0 radical (unpaired) electrons. The Balaban J connectivity index is 1.81. The number of benzene rings is 3. The maximum absolute atomic E-state index is 13.6. The number of nitrogens with zero attached hydrogens (tertiary/aromatic N) is 1. The van der Waals surface area contributed by atoms with E-state index in [9.17, 15) is 9.59 Å². The van der Waals surface area contributed by atoms with Gasteiger partial charge in [-0.25, -0.2) is 0 Å². The van der Waals surface area contributed by atoms with Gasteiger partial charge in [-0.05, 0) is 47.4 Å². The minimum atomic E-state index is -0.589. The van der Waals surface area contributed by atoms with Crippen molar-refractivity contribution in [3.63, 3.8) is 0 Å². The minimum Gasteiger partial charge on any atom is -0.354 e. The summed E-state index contributed by atoms with van der Waals surface area (Å²) in [5.74, 6) is 0.886. The number of nitrogens with one attached hydrogen (secondary N) is 1. The zero-order valence-corrected chi connectivity index (χ0v) is 23.7. The van der Waals surface area contributed by atoms with Gasteiger partial charge in [0, 0.05) is 34.2 Å². The predicted octanol–water partition coefficient (Wildman–Crippen LogP) is 6.61. The van der Waals surface area contributed by atoms with E-state index >= 15 is 0 Å². The third kappa shape index (κ3) is 9.13. The van der Waals surface area contributed by atoms with Crippen LogP contribution in [0.3, 0.4) is 0 Å². The molecule has 2 amide bonds. The first-order valence-electron chi connectivity index (χ1n) is 11.6. The molecule has 0 spiro atoms. The van der Waals surface area contributed by atoms with Gasteiger partial charge in [0.25, 0.3) is 0 Å². The van der Waals surface area contributed by atoms with Gasteiger partial charge in [-0.2, -0.15) is 0 Å². The Kier molecular flexibility index (Phi) is 11.4. The Morgan fingerprint density at radius 1 is 0.857 bits per heavy atom. The molecule has 0 aliphatic carbocycles. The van der Waals surface area contributed by atoms with E-state index in [2.05, 4.69) is 49.3 Å². The largest absolute Gasteiger partial charge is 0.354 e. The van der Waals surface area contributed by atoms with Crippen LogP contribution in [0.2, 0.25) is 0 Å². The summed E-state index contributed by atoms with van der Waals surface area (Å²) >= 11 is 8.50. The lowest BCUT2D eigenvalue weighted by Crippen LogP contribution is -2.51. The summed E-state index contributed by atoms with van der Waals surface area (Å²) in [6.07, 6.45) is 1.31. The average molecular weight is 618 g/mol. The summed E-state index contributed by atoms with van der Waals surface area (Å²) in [7, 11) is 0. The van der Waals surface area contributed by atoms with E-state index in [1.54, 1.807) is 16.7 Å².